The highest BCUT2D eigenvalue weighted by molar-refractivity contribution is 7.86. The Morgan fingerprint density at radius 1 is 1.17 bits per heavy atom. The molecule has 18 heavy (non-hydrogen) atoms. The van der Waals surface area contributed by atoms with Gasteiger partial charge in [0.1, 0.15) is 0 Å². The molecule has 0 bridgehead atoms. The van der Waals surface area contributed by atoms with E-state index in [4.69, 9.17) is 0 Å². The molecule has 0 N–H and O–H groups in total. The minimum Gasteiger partial charge on any atom is -0.467 e. The Morgan fingerprint density at radius 3 is 2.11 bits per heavy atom. The zero-order valence-corrected chi connectivity index (χ0v) is 11.8. The summed E-state index contributed by atoms with van der Waals surface area (Å²) < 4.78 is 31.8. The van der Waals surface area contributed by atoms with Crippen LogP contribution in [0.25, 0.3) is 0 Å². The van der Waals surface area contributed by atoms with Gasteiger partial charge in [-0.05, 0) is 19.1 Å². The Bertz CT molecular complexity index is 462. The highest BCUT2D eigenvalue weighted by Gasteiger charge is 2.16. The Labute approximate surface area is 108 Å². The lowest BCUT2D eigenvalue weighted by molar-refractivity contribution is -0.142. The number of ether oxygens (including phenoxy) is 1. The van der Waals surface area contributed by atoms with Crippen molar-refractivity contribution in [3.05, 3.63) is 29.8 Å². The Balaban J connectivity index is 0.00000137. The molecule has 0 atom stereocenters. The molecule has 0 radical (unpaired) electrons. The zero-order chi connectivity index (χ0) is 14.2. The van der Waals surface area contributed by atoms with E-state index in [1.165, 1.54) is 12.1 Å². The number of carbonyl (C=O) groups is 1. The number of rotatable bonds is 4. The molecule has 5 nitrogen and oxygen atoms in total. The van der Waals surface area contributed by atoms with E-state index in [2.05, 4.69) is 8.92 Å². The molecule has 0 unspecified atom stereocenters. The van der Waals surface area contributed by atoms with Crippen LogP contribution in [0.3, 0.4) is 0 Å². The van der Waals surface area contributed by atoms with Gasteiger partial charge in [0.2, 0.25) is 0 Å². The molecule has 1 aromatic carbocycles. The summed E-state index contributed by atoms with van der Waals surface area (Å²) in [4.78, 5) is 10.7. The van der Waals surface area contributed by atoms with Gasteiger partial charge >= 0.3 is 5.97 Å². The van der Waals surface area contributed by atoms with Gasteiger partial charge < -0.3 is 4.74 Å². The number of benzene rings is 1. The van der Waals surface area contributed by atoms with Crippen LogP contribution >= 0.6 is 0 Å². The van der Waals surface area contributed by atoms with Gasteiger partial charge in [-0.1, -0.05) is 31.5 Å². The normalized spacial score (nSPS) is 10.2. The molecule has 0 aliphatic carbocycles. The summed E-state index contributed by atoms with van der Waals surface area (Å²) in [6.07, 6.45) is 0. The first-order valence-corrected chi connectivity index (χ1v) is 6.89. The van der Waals surface area contributed by atoms with Crippen molar-refractivity contribution in [2.45, 2.75) is 25.7 Å². The number of aryl methyl sites for hydroxylation is 1. The van der Waals surface area contributed by atoms with Crippen LogP contribution in [0, 0.1) is 6.92 Å². The number of hydrogen-bond donors (Lipinski definition) is 0. The predicted octanol–water partition coefficient (Wildman–Crippen LogP) is 1.90. The van der Waals surface area contributed by atoms with Gasteiger partial charge in [-0.15, -0.1) is 0 Å². The second-order valence-corrected chi connectivity index (χ2v) is 4.72. The smallest absolute Gasteiger partial charge is 0.333 e. The summed E-state index contributed by atoms with van der Waals surface area (Å²) in [5, 5.41) is 0. The van der Waals surface area contributed by atoms with Crippen LogP contribution in [-0.4, -0.2) is 28.1 Å². The maximum atomic E-state index is 11.5. The van der Waals surface area contributed by atoms with Gasteiger partial charge in [0.05, 0.1) is 12.0 Å². The van der Waals surface area contributed by atoms with Crippen LogP contribution in [0.1, 0.15) is 19.4 Å². The molecule has 0 spiro atoms. The molecule has 1 rings (SSSR count). The molecule has 0 aliphatic heterocycles. The van der Waals surface area contributed by atoms with E-state index in [1.54, 1.807) is 12.1 Å². The van der Waals surface area contributed by atoms with Gasteiger partial charge in [-0.2, -0.15) is 8.42 Å². The number of carbonyl (C=O) groups excluding carboxylic acids is 1. The molecule has 1 aromatic rings. The van der Waals surface area contributed by atoms with E-state index in [0.29, 0.717) is 0 Å². The minimum atomic E-state index is -3.88. The molecule has 102 valence electrons. The number of methoxy groups -OCH3 is 1. The summed E-state index contributed by atoms with van der Waals surface area (Å²) in [6.45, 7) is 5.22. The van der Waals surface area contributed by atoms with E-state index >= 15 is 0 Å². The summed E-state index contributed by atoms with van der Waals surface area (Å²) in [7, 11) is -2.73. The standard InChI is InChI=1S/C10H12O5S.C2H6/c1-8-3-5-9(6-4-8)16(12,13)15-7-10(11)14-2;1-2/h3-6H,7H2,1-2H3;1-2H3. The molecule has 0 fully saturated rings. The fourth-order valence-corrected chi connectivity index (χ4v) is 1.81. The molecule has 0 heterocycles. The summed E-state index contributed by atoms with van der Waals surface area (Å²) in [5.41, 5.74) is 0.937. The Morgan fingerprint density at radius 2 is 1.67 bits per heavy atom. The molecule has 0 aromatic heterocycles. The Hall–Kier alpha value is -1.40. The quantitative estimate of drug-likeness (QED) is 0.619. The zero-order valence-electron chi connectivity index (χ0n) is 11.0. The van der Waals surface area contributed by atoms with Crippen LogP contribution in [0.15, 0.2) is 29.2 Å². The van der Waals surface area contributed by atoms with E-state index in [-0.39, 0.29) is 4.90 Å². The number of esters is 1. The highest BCUT2D eigenvalue weighted by Crippen LogP contribution is 2.12. The van der Waals surface area contributed by atoms with Crippen molar-refractivity contribution in [2.75, 3.05) is 13.7 Å². The second-order valence-electron chi connectivity index (χ2n) is 3.11. The average Bonchev–Trinajstić information content (AvgIpc) is 2.39. The van der Waals surface area contributed by atoms with Crippen molar-refractivity contribution in [1.29, 1.82) is 0 Å². The molecule has 6 heteroatoms. The van der Waals surface area contributed by atoms with Gasteiger partial charge in [0, 0.05) is 0 Å². The topological polar surface area (TPSA) is 69.7 Å². The monoisotopic (exact) mass is 274 g/mol. The SMILES string of the molecule is CC.COC(=O)COS(=O)(=O)c1ccc(C)cc1. The fourth-order valence-electron chi connectivity index (χ4n) is 0.958. The molecule has 0 amide bonds. The van der Waals surface area contributed by atoms with Crippen molar-refractivity contribution in [2.24, 2.45) is 0 Å². The van der Waals surface area contributed by atoms with Crippen LogP contribution in [-0.2, 0) is 23.8 Å². The largest absolute Gasteiger partial charge is 0.467 e. The van der Waals surface area contributed by atoms with Gasteiger partial charge in [0.15, 0.2) is 6.61 Å². The maximum Gasteiger partial charge on any atom is 0.333 e. The van der Waals surface area contributed by atoms with Crippen LogP contribution in [0.5, 0.6) is 0 Å². The summed E-state index contributed by atoms with van der Waals surface area (Å²) in [5.74, 6) is -0.740. The lowest BCUT2D eigenvalue weighted by atomic mass is 10.2. The highest BCUT2D eigenvalue weighted by atomic mass is 32.2. The van der Waals surface area contributed by atoms with E-state index in [1.807, 2.05) is 20.8 Å². The first-order chi connectivity index (χ1) is 8.45. The third kappa shape index (κ3) is 5.29. The molecule has 0 saturated carbocycles. The van der Waals surface area contributed by atoms with Gasteiger partial charge in [-0.25, -0.2) is 4.79 Å². The van der Waals surface area contributed by atoms with Crippen molar-refractivity contribution in [3.8, 4) is 0 Å². The second kappa shape index (κ2) is 7.84. The third-order valence-corrected chi connectivity index (χ3v) is 3.15. The van der Waals surface area contributed by atoms with Crippen molar-refractivity contribution in [3.63, 3.8) is 0 Å². The first-order valence-electron chi connectivity index (χ1n) is 5.48. The maximum absolute atomic E-state index is 11.5. The molecule has 0 saturated heterocycles. The van der Waals surface area contributed by atoms with Gasteiger partial charge in [0.25, 0.3) is 10.1 Å². The number of hydrogen-bond acceptors (Lipinski definition) is 5. The Kier molecular flexibility index (Phi) is 7.23. The van der Waals surface area contributed by atoms with Crippen LogP contribution in [0.4, 0.5) is 0 Å². The third-order valence-electron chi connectivity index (χ3n) is 1.87. The molecular formula is C12H18O5S. The first kappa shape index (κ1) is 16.6. The lowest BCUT2D eigenvalue weighted by Gasteiger charge is -2.04. The molecular weight excluding hydrogens is 256 g/mol. The van der Waals surface area contributed by atoms with E-state index < -0.39 is 22.7 Å². The van der Waals surface area contributed by atoms with E-state index in [9.17, 15) is 13.2 Å². The average molecular weight is 274 g/mol. The van der Waals surface area contributed by atoms with Crippen LogP contribution < -0.4 is 0 Å². The van der Waals surface area contributed by atoms with Gasteiger partial charge in [-0.3, -0.25) is 4.18 Å². The van der Waals surface area contributed by atoms with Crippen molar-refractivity contribution < 1.29 is 22.1 Å². The summed E-state index contributed by atoms with van der Waals surface area (Å²) in [6, 6.07) is 6.13. The predicted molar refractivity (Wildman–Crippen MR) is 67.7 cm³/mol. The molecule has 0 aliphatic rings. The fraction of sp³-hybridized carbons (Fsp3) is 0.417. The van der Waals surface area contributed by atoms with Crippen LogP contribution in [0.2, 0.25) is 0 Å². The lowest BCUT2D eigenvalue weighted by Crippen LogP contribution is -2.15. The van der Waals surface area contributed by atoms with Crippen molar-refractivity contribution in [1.82, 2.24) is 0 Å². The van der Waals surface area contributed by atoms with Crippen molar-refractivity contribution >= 4 is 16.1 Å². The summed E-state index contributed by atoms with van der Waals surface area (Å²) >= 11 is 0. The van der Waals surface area contributed by atoms with E-state index in [0.717, 1.165) is 12.7 Å². The minimum absolute atomic E-state index is 0.0157.